The molecule has 22 heavy (non-hydrogen) atoms. The topological polar surface area (TPSA) is 58.5 Å². The van der Waals surface area contributed by atoms with Gasteiger partial charge in [-0.2, -0.15) is 0 Å². The lowest BCUT2D eigenvalue weighted by atomic mass is 10.3. The fourth-order valence-corrected chi connectivity index (χ4v) is 2.07. The SMILES string of the molecule is Cc1ccc(OCCN(CC(C)O)c2ccc(C)cn2)nc1. The van der Waals surface area contributed by atoms with Crippen LogP contribution in [0.4, 0.5) is 5.82 Å². The molecule has 0 aliphatic carbocycles. The van der Waals surface area contributed by atoms with Gasteiger partial charge in [-0.25, -0.2) is 9.97 Å². The van der Waals surface area contributed by atoms with Crippen LogP contribution < -0.4 is 9.64 Å². The van der Waals surface area contributed by atoms with Gasteiger partial charge >= 0.3 is 0 Å². The van der Waals surface area contributed by atoms with Crippen molar-refractivity contribution in [2.75, 3.05) is 24.6 Å². The number of aliphatic hydroxyl groups excluding tert-OH is 1. The van der Waals surface area contributed by atoms with E-state index >= 15 is 0 Å². The Morgan fingerprint density at radius 2 is 1.77 bits per heavy atom. The molecule has 2 aromatic heterocycles. The van der Waals surface area contributed by atoms with E-state index in [9.17, 15) is 5.11 Å². The molecule has 5 heteroatoms. The molecule has 0 saturated heterocycles. The molecule has 0 aromatic carbocycles. The Labute approximate surface area is 131 Å². The van der Waals surface area contributed by atoms with Gasteiger partial charge < -0.3 is 14.7 Å². The van der Waals surface area contributed by atoms with E-state index in [0.29, 0.717) is 25.6 Å². The molecule has 1 N–H and O–H groups in total. The second kappa shape index (κ2) is 7.75. The first-order valence-corrected chi connectivity index (χ1v) is 7.45. The number of hydrogen-bond donors (Lipinski definition) is 1. The van der Waals surface area contributed by atoms with Crippen LogP contribution in [-0.4, -0.2) is 40.9 Å². The molecule has 1 unspecified atom stereocenters. The average molecular weight is 301 g/mol. The van der Waals surface area contributed by atoms with Gasteiger partial charge in [-0.1, -0.05) is 12.1 Å². The van der Waals surface area contributed by atoms with Crippen LogP contribution in [0.25, 0.3) is 0 Å². The number of aromatic nitrogens is 2. The average Bonchev–Trinajstić information content (AvgIpc) is 2.49. The summed E-state index contributed by atoms with van der Waals surface area (Å²) in [5, 5.41) is 9.66. The highest BCUT2D eigenvalue weighted by Crippen LogP contribution is 2.12. The summed E-state index contributed by atoms with van der Waals surface area (Å²) in [7, 11) is 0. The Morgan fingerprint density at radius 3 is 2.32 bits per heavy atom. The molecular formula is C17H23N3O2. The van der Waals surface area contributed by atoms with Crippen molar-refractivity contribution in [3.8, 4) is 5.88 Å². The molecule has 0 spiro atoms. The number of aryl methyl sites for hydroxylation is 2. The number of rotatable bonds is 7. The highest BCUT2D eigenvalue weighted by Gasteiger charge is 2.11. The van der Waals surface area contributed by atoms with Crippen LogP contribution in [0, 0.1) is 13.8 Å². The summed E-state index contributed by atoms with van der Waals surface area (Å²) < 4.78 is 5.66. The van der Waals surface area contributed by atoms with Crippen molar-refractivity contribution in [3.63, 3.8) is 0 Å². The van der Waals surface area contributed by atoms with E-state index in [-0.39, 0.29) is 0 Å². The minimum Gasteiger partial charge on any atom is -0.476 e. The van der Waals surface area contributed by atoms with Gasteiger partial charge in [-0.05, 0) is 38.0 Å². The van der Waals surface area contributed by atoms with Gasteiger partial charge in [0.1, 0.15) is 12.4 Å². The van der Waals surface area contributed by atoms with Gasteiger partial charge in [0.25, 0.3) is 0 Å². The summed E-state index contributed by atoms with van der Waals surface area (Å²) >= 11 is 0. The van der Waals surface area contributed by atoms with E-state index < -0.39 is 6.10 Å². The zero-order valence-electron chi connectivity index (χ0n) is 13.4. The maximum atomic E-state index is 9.66. The first-order valence-electron chi connectivity index (χ1n) is 7.45. The minimum atomic E-state index is -0.430. The molecule has 118 valence electrons. The molecule has 2 heterocycles. The van der Waals surface area contributed by atoms with Crippen molar-refractivity contribution in [3.05, 3.63) is 47.8 Å². The van der Waals surface area contributed by atoms with E-state index in [4.69, 9.17) is 4.74 Å². The smallest absolute Gasteiger partial charge is 0.213 e. The summed E-state index contributed by atoms with van der Waals surface area (Å²) in [6.07, 6.45) is 3.18. The van der Waals surface area contributed by atoms with Crippen molar-refractivity contribution >= 4 is 5.82 Å². The second-order valence-electron chi connectivity index (χ2n) is 5.51. The van der Waals surface area contributed by atoms with E-state index in [1.165, 1.54) is 0 Å². The highest BCUT2D eigenvalue weighted by atomic mass is 16.5. The molecule has 0 aliphatic heterocycles. The van der Waals surface area contributed by atoms with Crippen LogP contribution in [-0.2, 0) is 0 Å². The zero-order valence-corrected chi connectivity index (χ0v) is 13.4. The van der Waals surface area contributed by atoms with Crippen molar-refractivity contribution in [1.82, 2.24) is 9.97 Å². The van der Waals surface area contributed by atoms with Crippen LogP contribution in [0.15, 0.2) is 36.7 Å². The normalized spacial score (nSPS) is 12.0. The fourth-order valence-electron chi connectivity index (χ4n) is 2.07. The van der Waals surface area contributed by atoms with Gasteiger partial charge in [0.15, 0.2) is 0 Å². The molecule has 1 atom stereocenters. The van der Waals surface area contributed by atoms with E-state index in [0.717, 1.165) is 16.9 Å². The molecule has 5 nitrogen and oxygen atoms in total. The van der Waals surface area contributed by atoms with Gasteiger partial charge in [0, 0.05) is 25.0 Å². The highest BCUT2D eigenvalue weighted by molar-refractivity contribution is 5.39. The Kier molecular flexibility index (Phi) is 5.72. The largest absolute Gasteiger partial charge is 0.476 e. The van der Waals surface area contributed by atoms with Gasteiger partial charge in [-0.15, -0.1) is 0 Å². The van der Waals surface area contributed by atoms with Crippen LogP contribution in [0.1, 0.15) is 18.1 Å². The number of hydrogen-bond acceptors (Lipinski definition) is 5. The summed E-state index contributed by atoms with van der Waals surface area (Å²) in [5.74, 6) is 1.45. The number of pyridine rings is 2. The van der Waals surface area contributed by atoms with Crippen LogP contribution in [0.5, 0.6) is 5.88 Å². The summed E-state index contributed by atoms with van der Waals surface area (Å²) in [6.45, 7) is 7.39. The third kappa shape index (κ3) is 5.00. The first kappa shape index (κ1) is 16.2. The molecule has 0 amide bonds. The van der Waals surface area contributed by atoms with Crippen molar-refractivity contribution < 1.29 is 9.84 Å². The van der Waals surface area contributed by atoms with E-state index in [1.807, 2.05) is 49.2 Å². The minimum absolute atomic E-state index is 0.430. The van der Waals surface area contributed by atoms with Crippen molar-refractivity contribution in [1.29, 1.82) is 0 Å². The van der Waals surface area contributed by atoms with Gasteiger partial charge in [0.2, 0.25) is 5.88 Å². The predicted octanol–water partition coefficient (Wildman–Crippen LogP) is 2.36. The lowest BCUT2D eigenvalue weighted by Gasteiger charge is -2.25. The summed E-state index contributed by atoms with van der Waals surface area (Å²) in [4.78, 5) is 10.6. The number of ether oxygens (including phenoxy) is 1. The molecule has 0 bridgehead atoms. The van der Waals surface area contributed by atoms with E-state index in [1.54, 1.807) is 13.1 Å². The lowest BCUT2D eigenvalue weighted by Crippen LogP contribution is -2.35. The Morgan fingerprint density at radius 1 is 1.09 bits per heavy atom. The maximum absolute atomic E-state index is 9.66. The standard InChI is InChI=1S/C17H23N3O2/c1-13-4-6-16(18-10-13)20(12-15(3)21)8-9-22-17-7-5-14(2)11-19-17/h4-7,10-11,15,21H,8-9,12H2,1-3H3. The molecule has 0 saturated carbocycles. The molecule has 2 aromatic rings. The maximum Gasteiger partial charge on any atom is 0.213 e. The monoisotopic (exact) mass is 301 g/mol. The van der Waals surface area contributed by atoms with Crippen molar-refractivity contribution in [2.45, 2.75) is 26.9 Å². The van der Waals surface area contributed by atoms with E-state index in [2.05, 4.69) is 9.97 Å². The fraction of sp³-hybridized carbons (Fsp3) is 0.412. The van der Waals surface area contributed by atoms with Gasteiger partial charge in [0.05, 0.1) is 12.6 Å². The Bertz CT molecular complexity index is 567. The third-order valence-electron chi connectivity index (χ3n) is 3.20. The molecule has 2 rings (SSSR count). The molecule has 0 radical (unpaired) electrons. The molecular weight excluding hydrogens is 278 g/mol. The van der Waals surface area contributed by atoms with Gasteiger partial charge in [-0.3, -0.25) is 0 Å². The summed E-state index contributed by atoms with van der Waals surface area (Å²) in [6, 6.07) is 7.80. The second-order valence-corrected chi connectivity index (χ2v) is 5.51. The quantitative estimate of drug-likeness (QED) is 0.851. The predicted molar refractivity (Wildman–Crippen MR) is 87.3 cm³/mol. The number of anilines is 1. The number of aliphatic hydroxyl groups is 1. The van der Waals surface area contributed by atoms with Crippen LogP contribution in [0.3, 0.4) is 0 Å². The third-order valence-corrected chi connectivity index (χ3v) is 3.20. The lowest BCUT2D eigenvalue weighted by molar-refractivity contribution is 0.197. The molecule has 0 aliphatic rings. The van der Waals surface area contributed by atoms with Crippen LogP contribution in [0.2, 0.25) is 0 Å². The van der Waals surface area contributed by atoms with Crippen molar-refractivity contribution in [2.24, 2.45) is 0 Å². The first-order chi connectivity index (χ1) is 10.5. The number of nitrogens with zero attached hydrogens (tertiary/aromatic N) is 3. The molecule has 0 fully saturated rings. The Hall–Kier alpha value is -2.14. The Balaban J connectivity index is 1.94. The summed E-state index contributed by atoms with van der Waals surface area (Å²) in [5.41, 5.74) is 2.22. The zero-order chi connectivity index (χ0) is 15.9. The van der Waals surface area contributed by atoms with Crippen LogP contribution >= 0.6 is 0 Å².